The molecule has 0 spiro atoms. The number of amides is 1. The summed E-state index contributed by atoms with van der Waals surface area (Å²) in [6, 6.07) is 14.8. The average molecular weight is 403 g/mol. The Morgan fingerprint density at radius 3 is 2.67 bits per heavy atom. The number of carbonyl (C=O) groups excluding carboxylic acids is 2. The minimum atomic E-state index is -0.401. The molecular formula is C22H21N5O3. The van der Waals surface area contributed by atoms with E-state index in [1.165, 1.54) is 7.11 Å². The van der Waals surface area contributed by atoms with Crippen LogP contribution in [0.3, 0.4) is 0 Å². The summed E-state index contributed by atoms with van der Waals surface area (Å²) in [5.74, 6) is -0.250. The molecule has 2 N–H and O–H groups in total. The molecule has 0 atom stereocenters. The van der Waals surface area contributed by atoms with Crippen molar-refractivity contribution in [2.75, 3.05) is 17.7 Å². The van der Waals surface area contributed by atoms with Crippen LogP contribution in [0.25, 0.3) is 5.69 Å². The van der Waals surface area contributed by atoms with Gasteiger partial charge in [0, 0.05) is 24.6 Å². The molecule has 3 aromatic rings. The van der Waals surface area contributed by atoms with Crippen LogP contribution < -0.4 is 10.6 Å². The number of methoxy groups -OCH3 is 1. The van der Waals surface area contributed by atoms with E-state index in [-0.39, 0.29) is 12.3 Å². The Balaban J connectivity index is 1.73. The van der Waals surface area contributed by atoms with Crippen molar-refractivity contribution in [3.8, 4) is 11.8 Å². The summed E-state index contributed by atoms with van der Waals surface area (Å²) in [6.07, 6.45) is 3.23. The van der Waals surface area contributed by atoms with Crippen LogP contribution in [0.15, 0.2) is 54.9 Å². The summed E-state index contributed by atoms with van der Waals surface area (Å²) in [5.41, 5.74) is 3.68. The fourth-order valence-electron chi connectivity index (χ4n) is 2.94. The first-order chi connectivity index (χ1) is 14.5. The van der Waals surface area contributed by atoms with E-state index in [0.717, 1.165) is 16.8 Å². The molecule has 2 aromatic heterocycles. The number of aromatic nitrogens is 2. The second-order valence-corrected chi connectivity index (χ2v) is 6.51. The van der Waals surface area contributed by atoms with Crippen molar-refractivity contribution in [1.82, 2.24) is 9.55 Å². The average Bonchev–Trinajstić information content (AvgIpc) is 3.24. The highest BCUT2D eigenvalue weighted by molar-refractivity contribution is 5.95. The van der Waals surface area contributed by atoms with E-state index >= 15 is 0 Å². The molecule has 3 rings (SSSR count). The first-order valence-electron chi connectivity index (χ1n) is 9.24. The second-order valence-electron chi connectivity index (χ2n) is 6.51. The van der Waals surface area contributed by atoms with Gasteiger partial charge in [0.1, 0.15) is 17.9 Å². The minimum absolute atomic E-state index is 0.220. The molecule has 0 unspecified atom stereocenters. The minimum Gasteiger partial charge on any atom is -0.464 e. The molecule has 2 heterocycles. The number of benzene rings is 1. The Morgan fingerprint density at radius 1 is 1.20 bits per heavy atom. The van der Waals surface area contributed by atoms with Gasteiger partial charge in [-0.2, -0.15) is 5.26 Å². The number of anilines is 2. The smallest absolute Gasteiger partial charge is 0.355 e. The van der Waals surface area contributed by atoms with Gasteiger partial charge < -0.3 is 19.9 Å². The van der Waals surface area contributed by atoms with Crippen molar-refractivity contribution in [2.24, 2.45) is 0 Å². The van der Waals surface area contributed by atoms with Gasteiger partial charge in [0.05, 0.1) is 18.9 Å². The van der Waals surface area contributed by atoms with Gasteiger partial charge in [-0.25, -0.2) is 9.78 Å². The standard InChI is InChI=1S/C22H21N5O3/c1-15-10-12-24-21(20(15)26-19(28)9-11-23)25-14-16-5-7-17(8-6-16)27-13-3-4-18(27)22(29)30-2/h3-8,10,12-13H,9,14H2,1-2H3,(H,24,25)(H,26,28). The van der Waals surface area contributed by atoms with Gasteiger partial charge in [0.15, 0.2) is 0 Å². The van der Waals surface area contributed by atoms with Crippen LogP contribution in [-0.2, 0) is 16.1 Å². The summed E-state index contributed by atoms with van der Waals surface area (Å²) in [4.78, 5) is 28.0. The van der Waals surface area contributed by atoms with Crippen LogP contribution in [0, 0.1) is 18.3 Å². The molecule has 0 aliphatic heterocycles. The first kappa shape index (κ1) is 20.6. The zero-order valence-electron chi connectivity index (χ0n) is 16.7. The van der Waals surface area contributed by atoms with Gasteiger partial charge in [0.25, 0.3) is 0 Å². The summed E-state index contributed by atoms with van der Waals surface area (Å²) < 4.78 is 6.57. The number of nitriles is 1. The summed E-state index contributed by atoms with van der Waals surface area (Å²) >= 11 is 0. The van der Waals surface area contributed by atoms with E-state index in [4.69, 9.17) is 10.00 Å². The Morgan fingerprint density at radius 2 is 1.97 bits per heavy atom. The van der Waals surface area contributed by atoms with Crippen LogP contribution in [-0.4, -0.2) is 28.5 Å². The van der Waals surface area contributed by atoms with E-state index in [0.29, 0.717) is 23.7 Å². The van der Waals surface area contributed by atoms with E-state index in [1.807, 2.05) is 37.3 Å². The van der Waals surface area contributed by atoms with Crippen LogP contribution in [0.1, 0.15) is 28.0 Å². The molecule has 0 radical (unpaired) electrons. The Hall–Kier alpha value is -4.12. The van der Waals surface area contributed by atoms with Crippen LogP contribution in [0.5, 0.6) is 0 Å². The highest BCUT2D eigenvalue weighted by Crippen LogP contribution is 2.24. The zero-order chi connectivity index (χ0) is 21.5. The predicted octanol–water partition coefficient (Wildman–Crippen LogP) is 3.43. The number of nitrogens with one attached hydrogen (secondary N) is 2. The quantitative estimate of drug-likeness (QED) is 0.585. The fraction of sp³-hybridized carbons (Fsp3) is 0.182. The van der Waals surface area contributed by atoms with Gasteiger partial charge in [-0.1, -0.05) is 12.1 Å². The van der Waals surface area contributed by atoms with Gasteiger partial charge >= 0.3 is 5.97 Å². The maximum absolute atomic E-state index is 11.9. The maximum Gasteiger partial charge on any atom is 0.355 e. The summed E-state index contributed by atoms with van der Waals surface area (Å²) in [6.45, 7) is 2.34. The van der Waals surface area contributed by atoms with E-state index in [2.05, 4.69) is 15.6 Å². The number of pyridine rings is 1. The summed E-state index contributed by atoms with van der Waals surface area (Å²) in [7, 11) is 1.35. The third kappa shape index (κ3) is 4.64. The Bertz CT molecular complexity index is 1100. The number of nitrogens with zero attached hydrogens (tertiary/aromatic N) is 3. The van der Waals surface area contributed by atoms with Crippen molar-refractivity contribution in [2.45, 2.75) is 19.9 Å². The molecule has 30 heavy (non-hydrogen) atoms. The van der Waals surface area contributed by atoms with Crippen molar-refractivity contribution in [3.63, 3.8) is 0 Å². The molecular weight excluding hydrogens is 382 g/mol. The SMILES string of the molecule is COC(=O)c1cccn1-c1ccc(CNc2nccc(C)c2NC(=O)CC#N)cc1. The predicted molar refractivity (Wildman–Crippen MR) is 112 cm³/mol. The van der Waals surface area contributed by atoms with Gasteiger partial charge in [-0.3, -0.25) is 4.79 Å². The van der Waals surface area contributed by atoms with Gasteiger partial charge in [-0.05, 0) is 48.4 Å². The lowest BCUT2D eigenvalue weighted by Crippen LogP contribution is -2.14. The van der Waals surface area contributed by atoms with Crippen LogP contribution >= 0.6 is 0 Å². The number of aryl methyl sites for hydroxylation is 1. The Labute approximate surface area is 174 Å². The monoisotopic (exact) mass is 403 g/mol. The van der Waals surface area contributed by atoms with E-state index in [9.17, 15) is 9.59 Å². The molecule has 8 nitrogen and oxygen atoms in total. The third-order valence-electron chi connectivity index (χ3n) is 4.48. The van der Waals surface area contributed by atoms with Crippen LogP contribution in [0.4, 0.5) is 11.5 Å². The number of ether oxygens (including phenoxy) is 1. The number of hydrogen-bond acceptors (Lipinski definition) is 6. The lowest BCUT2D eigenvalue weighted by molar-refractivity contribution is -0.115. The second kappa shape index (κ2) is 9.39. The summed E-state index contributed by atoms with van der Waals surface area (Å²) in [5, 5.41) is 14.6. The van der Waals surface area contributed by atoms with E-state index < -0.39 is 5.97 Å². The Kier molecular flexibility index (Phi) is 6.45. The number of hydrogen-bond donors (Lipinski definition) is 2. The third-order valence-corrected chi connectivity index (χ3v) is 4.48. The maximum atomic E-state index is 11.9. The number of rotatable bonds is 7. The van der Waals surface area contributed by atoms with Crippen molar-refractivity contribution < 1.29 is 14.3 Å². The number of esters is 1. The van der Waals surface area contributed by atoms with Crippen LogP contribution in [0.2, 0.25) is 0 Å². The molecule has 0 aliphatic rings. The molecule has 0 saturated heterocycles. The molecule has 0 saturated carbocycles. The highest BCUT2D eigenvalue weighted by atomic mass is 16.5. The first-order valence-corrected chi connectivity index (χ1v) is 9.24. The lowest BCUT2D eigenvalue weighted by Gasteiger charge is -2.14. The molecule has 0 bridgehead atoms. The molecule has 1 aromatic carbocycles. The molecule has 152 valence electrons. The molecule has 0 fully saturated rings. The topological polar surface area (TPSA) is 109 Å². The lowest BCUT2D eigenvalue weighted by atomic mass is 10.2. The van der Waals surface area contributed by atoms with E-state index in [1.54, 1.807) is 35.2 Å². The van der Waals surface area contributed by atoms with Gasteiger partial charge in [-0.15, -0.1) is 0 Å². The number of carbonyl (C=O) groups is 2. The molecule has 8 heteroatoms. The normalized spacial score (nSPS) is 10.2. The molecule has 0 aliphatic carbocycles. The van der Waals surface area contributed by atoms with Crippen molar-refractivity contribution >= 4 is 23.4 Å². The zero-order valence-corrected chi connectivity index (χ0v) is 16.7. The molecule has 1 amide bonds. The van der Waals surface area contributed by atoms with Crippen molar-refractivity contribution in [1.29, 1.82) is 5.26 Å². The fourth-order valence-corrected chi connectivity index (χ4v) is 2.94. The highest BCUT2D eigenvalue weighted by Gasteiger charge is 2.13. The van der Waals surface area contributed by atoms with Crippen molar-refractivity contribution in [3.05, 3.63) is 71.7 Å². The largest absolute Gasteiger partial charge is 0.464 e. The van der Waals surface area contributed by atoms with Gasteiger partial charge in [0.2, 0.25) is 5.91 Å².